The number of nitrogens with zero attached hydrogens (tertiary/aromatic N) is 4. The summed E-state index contributed by atoms with van der Waals surface area (Å²) in [5.74, 6) is 0.899. The minimum Gasteiger partial charge on any atom is -0.365 e. The Morgan fingerprint density at radius 2 is 1.75 bits per heavy atom. The highest BCUT2D eigenvalue weighted by atomic mass is 15.4. The minimum atomic E-state index is 0.0931. The fourth-order valence-corrected chi connectivity index (χ4v) is 4.25. The molecule has 1 aliphatic rings. The molecule has 0 saturated carbocycles. The first-order valence-corrected chi connectivity index (χ1v) is 8.48. The van der Waals surface area contributed by atoms with Crippen molar-refractivity contribution in [2.75, 3.05) is 5.32 Å². The molecule has 0 atom stereocenters. The summed E-state index contributed by atoms with van der Waals surface area (Å²) < 4.78 is 1.75. The summed E-state index contributed by atoms with van der Waals surface area (Å²) in [6, 6.07) is 8.59. The predicted molar refractivity (Wildman–Crippen MR) is 96.2 cm³/mol. The van der Waals surface area contributed by atoms with Crippen molar-refractivity contribution < 1.29 is 0 Å². The zero-order valence-corrected chi connectivity index (χ0v) is 14.7. The molecule has 1 fully saturated rings. The molecular formula is C18H24N6. The third-order valence-corrected chi connectivity index (χ3v) is 4.69. The third-order valence-electron chi connectivity index (χ3n) is 4.69. The number of nitrogens with one attached hydrogen (secondary N) is 2. The second-order valence-electron chi connectivity index (χ2n) is 8.14. The van der Waals surface area contributed by atoms with E-state index in [0.29, 0.717) is 6.04 Å². The molecular weight excluding hydrogens is 300 g/mol. The second-order valence-corrected chi connectivity index (χ2v) is 8.14. The topological polar surface area (TPSA) is 67.1 Å². The quantitative estimate of drug-likeness (QED) is 0.758. The molecule has 0 spiro atoms. The van der Waals surface area contributed by atoms with E-state index in [9.17, 15) is 0 Å². The van der Waals surface area contributed by atoms with Gasteiger partial charge in [-0.05, 0) is 40.5 Å². The highest BCUT2D eigenvalue weighted by Gasteiger charge is 2.37. The summed E-state index contributed by atoms with van der Waals surface area (Å²) in [4.78, 5) is 0. The molecule has 6 heteroatoms. The van der Waals surface area contributed by atoms with Gasteiger partial charge in [0.15, 0.2) is 11.5 Å². The van der Waals surface area contributed by atoms with Crippen molar-refractivity contribution >= 4 is 22.2 Å². The lowest BCUT2D eigenvalue weighted by atomic mass is 9.79. The first-order chi connectivity index (χ1) is 11.3. The van der Waals surface area contributed by atoms with Crippen LogP contribution < -0.4 is 10.6 Å². The summed E-state index contributed by atoms with van der Waals surface area (Å²) in [6.45, 7) is 9.04. The van der Waals surface area contributed by atoms with E-state index in [0.717, 1.165) is 35.1 Å². The average Bonchev–Trinajstić information content (AvgIpc) is 2.92. The van der Waals surface area contributed by atoms with Crippen LogP contribution in [0.5, 0.6) is 0 Å². The Kier molecular flexibility index (Phi) is 3.28. The van der Waals surface area contributed by atoms with Crippen molar-refractivity contribution in [2.24, 2.45) is 0 Å². The molecule has 4 rings (SSSR count). The molecule has 2 N–H and O–H groups in total. The third kappa shape index (κ3) is 2.71. The normalized spacial score (nSPS) is 20.5. The van der Waals surface area contributed by atoms with E-state index in [1.54, 1.807) is 10.8 Å². The number of hydrogen-bond donors (Lipinski definition) is 2. The molecule has 1 saturated heterocycles. The summed E-state index contributed by atoms with van der Waals surface area (Å²) in [5.41, 5.74) is 0.980. The summed E-state index contributed by atoms with van der Waals surface area (Å²) >= 11 is 0. The van der Waals surface area contributed by atoms with Gasteiger partial charge in [0.05, 0.1) is 0 Å². The van der Waals surface area contributed by atoms with Gasteiger partial charge in [0.25, 0.3) is 0 Å². The SMILES string of the molecule is CC1(C)CC(Nc2nn3cnnc3c3ccccc23)CC(C)(C)N1. The fourth-order valence-electron chi connectivity index (χ4n) is 4.25. The van der Waals surface area contributed by atoms with Crippen LogP contribution in [0.4, 0.5) is 5.82 Å². The van der Waals surface area contributed by atoms with Gasteiger partial charge in [-0.25, -0.2) is 0 Å². The van der Waals surface area contributed by atoms with E-state index in [1.165, 1.54) is 0 Å². The number of anilines is 1. The number of rotatable bonds is 2. The second kappa shape index (κ2) is 5.14. The first-order valence-electron chi connectivity index (χ1n) is 8.48. The Bertz CT molecular complexity index is 879. The van der Waals surface area contributed by atoms with Crippen molar-refractivity contribution in [1.82, 2.24) is 25.1 Å². The van der Waals surface area contributed by atoms with E-state index in [-0.39, 0.29) is 11.1 Å². The Labute approximate surface area is 141 Å². The molecule has 2 aromatic heterocycles. The molecule has 0 amide bonds. The Morgan fingerprint density at radius 1 is 1.08 bits per heavy atom. The van der Waals surface area contributed by atoms with E-state index in [4.69, 9.17) is 5.10 Å². The van der Waals surface area contributed by atoms with Gasteiger partial charge in [-0.3, -0.25) is 0 Å². The van der Waals surface area contributed by atoms with Crippen LogP contribution in [0.2, 0.25) is 0 Å². The number of fused-ring (bicyclic) bond motifs is 3. The smallest absolute Gasteiger partial charge is 0.185 e. The molecule has 0 unspecified atom stereocenters. The Balaban J connectivity index is 1.76. The maximum Gasteiger partial charge on any atom is 0.185 e. The molecule has 1 aromatic carbocycles. The lowest BCUT2D eigenvalue weighted by molar-refractivity contribution is 0.170. The number of benzene rings is 1. The fraction of sp³-hybridized carbons (Fsp3) is 0.500. The van der Waals surface area contributed by atoms with E-state index in [2.05, 4.69) is 60.7 Å². The highest BCUT2D eigenvalue weighted by Crippen LogP contribution is 2.32. The van der Waals surface area contributed by atoms with Gasteiger partial charge in [0.1, 0.15) is 6.33 Å². The van der Waals surface area contributed by atoms with Gasteiger partial charge in [-0.15, -0.1) is 15.3 Å². The minimum absolute atomic E-state index is 0.0931. The molecule has 3 heterocycles. The van der Waals surface area contributed by atoms with Crippen LogP contribution >= 0.6 is 0 Å². The molecule has 0 aliphatic carbocycles. The molecule has 0 radical (unpaired) electrons. The number of hydrogen-bond acceptors (Lipinski definition) is 5. The molecule has 24 heavy (non-hydrogen) atoms. The largest absolute Gasteiger partial charge is 0.365 e. The van der Waals surface area contributed by atoms with Crippen molar-refractivity contribution in [2.45, 2.75) is 57.7 Å². The van der Waals surface area contributed by atoms with Crippen LogP contribution in [-0.4, -0.2) is 36.9 Å². The van der Waals surface area contributed by atoms with E-state index in [1.807, 2.05) is 12.1 Å². The van der Waals surface area contributed by atoms with Crippen molar-refractivity contribution in [3.63, 3.8) is 0 Å². The Morgan fingerprint density at radius 3 is 2.46 bits per heavy atom. The van der Waals surface area contributed by atoms with Gasteiger partial charge in [0.2, 0.25) is 0 Å². The highest BCUT2D eigenvalue weighted by molar-refractivity contribution is 5.99. The number of piperidine rings is 1. The van der Waals surface area contributed by atoms with Gasteiger partial charge < -0.3 is 10.6 Å². The lowest BCUT2D eigenvalue weighted by Crippen LogP contribution is -2.60. The molecule has 126 valence electrons. The average molecular weight is 324 g/mol. The van der Waals surface area contributed by atoms with E-state index < -0.39 is 0 Å². The van der Waals surface area contributed by atoms with Crippen LogP contribution in [0.25, 0.3) is 16.4 Å². The van der Waals surface area contributed by atoms with Gasteiger partial charge in [0, 0.05) is 27.9 Å². The lowest BCUT2D eigenvalue weighted by Gasteiger charge is -2.46. The van der Waals surface area contributed by atoms with Gasteiger partial charge >= 0.3 is 0 Å². The maximum absolute atomic E-state index is 4.71. The predicted octanol–water partition coefficient (Wildman–Crippen LogP) is 3.00. The standard InChI is InChI=1S/C18H24N6/c1-17(2)9-12(10-18(3,4)23-17)20-15-13-7-5-6-8-14(13)16-21-19-11-24(16)22-15/h5-8,11-12,23H,9-10H2,1-4H3,(H,20,22). The summed E-state index contributed by atoms with van der Waals surface area (Å²) in [7, 11) is 0. The monoisotopic (exact) mass is 324 g/mol. The zero-order valence-electron chi connectivity index (χ0n) is 14.7. The van der Waals surface area contributed by atoms with Gasteiger partial charge in [-0.2, -0.15) is 4.52 Å². The molecule has 3 aromatic rings. The maximum atomic E-state index is 4.71. The molecule has 0 bridgehead atoms. The van der Waals surface area contributed by atoms with Crippen LogP contribution in [0.3, 0.4) is 0 Å². The van der Waals surface area contributed by atoms with Crippen molar-refractivity contribution in [3.05, 3.63) is 30.6 Å². The van der Waals surface area contributed by atoms with Crippen LogP contribution in [0, 0.1) is 0 Å². The molecule has 6 nitrogen and oxygen atoms in total. The molecule has 1 aliphatic heterocycles. The van der Waals surface area contributed by atoms with Crippen LogP contribution in [0.1, 0.15) is 40.5 Å². The first kappa shape index (κ1) is 15.3. The van der Waals surface area contributed by atoms with E-state index >= 15 is 0 Å². The summed E-state index contributed by atoms with van der Waals surface area (Å²) in [5, 5.41) is 22.5. The van der Waals surface area contributed by atoms with Crippen LogP contribution in [0.15, 0.2) is 30.6 Å². The summed E-state index contributed by atoms with van der Waals surface area (Å²) in [6.07, 6.45) is 3.75. The van der Waals surface area contributed by atoms with Gasteiger partial charge in [-0.1, -0.05) is 24.3 Å². The van der Waals surface area contributed by atoms with Crippen molar-refractivity contribution in [3.8, 4) is 0 Å². The van der Waals surface area contributed by atoms with Crippen LogP contribution in [-0.2, 0) is 0 Å². The number of aromatic nitrogens is 4. The van der Waals surface area contributed by atoms with Crippen molar-refractivity contribution in [1.29, 1.82) is 0 Å². The zero-order chi connectivity index (χ0) is 16.9. The Hall–Kier alpha value is -2.21.